The molecule has 0 radical (unpaired) electrons. The highest BCUT2D eigenvalue weighted by atomic mass is 16.1. The summed E-state index contributed by atoms with van der Waals surface area (Å²) in [5, 5.41) is 7.62. The van der Waals surface area contributed by atoms with Crippen molar-refractivity contribution in [2.24, 2.45) is 5.92 Å². The van der Waals surface area contributed by atoms with Crippen LogP contribution in [0.25, 0.3) is 11.0 Å². The molecule has 6 heteroatoms. The van der Waals surface area contributed by atoms with Gasteiger partial charge in [0.1, 0.15) is 0 Å². The number of nitrogens with one attached hydrogen (secondary N) is 1. The number of anilines is 1. The molecule has 0 aliphatic heterocycles. The maximum Gasteiger partial charge on any atom is 0.231 e. The molecule has 1 amide bonds. The first-order valence-electron chi connectivity index (χ1n) is 9.68. The van der Waals surface area contributed by atoms with Crippen LogP contribution in [-0.4, -0.2) is 25.2 Å². The van der Waals surface area contributed by atoms with Gasteiger partial charge >= 0.3 is 0 Å². The molecule has 2 aromatic heterocycles. The molecule has 0 saturated carbocycles. The van der Waals surface area contributed by atoms with E-state index in [-0.39, 0.29) is 5.91 Å². The Morgan fingerprint density at radius 3 is 2.67 bits per heavy atom. The van der Waals surface area contributed by atoms with Gasteiger partial charge in [0.05, 0.1) is 23.1 Å². The van der Waals surface area contributed by atoms with Gasteiger partial charge in [-0.2, -0.15) is 5.10 Å². The molecule has 144 valence electrons. The molecule has 0 unspecified atom stereocenters. The number of aromatic nitrogens is 4. The lowest BCUT2D eigenvalue weighted by atomic mass is 10.1. The van der Waals surface area contributed by atoms with E-state index in [2.05, 4.69) is 40.7 Å². The van der Waals surface area contributed by atoms with Gasteiger partial charge in [-0.3, -0.25) is 14.8 Å². The number of nitrogens with zero attached hydrogens (tertiary/aromatic N) is 4. The second-order valence-corrected chi connectivity index (χ2v) is 7.53. The van der Waals surface area contributed by atoms with Gasteiger partial charge in [0, 0.05) is 24.3 Å². The number of imidazole rings is 1. The van der Waals surface area contributed by atoms with Crippen LogP contribution in [0, 0.1) is 19.8 Å². The summed E-state index contributed by atoms with van der Waals surface area (Å²) in [4.78, 5) is 17.4. The van der Waals surface area contributed by atoms with Crippen molar-refractivity contribution in [3.05, 3.63) is 41.2 Å². The molecule has 3 aromatic rings. The van der Waals surface area contributed by atoms with Crippen molar-refractivity contribution in [3.63, 3.8) is 0 Å². The standard InChI is InChI=1S/C21H29N5O/c1-6-11-25-19-10-8-7-9-18(19)22-21(25)23-20(27)12-17-15(4)24-26(16(17)5)13-14(2)3/h7-10,14H,6,11-13H2,1-5H3,(H,22,23,27). The molecule has 0 saturated heterocycles. The average molecular weight is 367 g/mol. The molecular weight excluding hydrogens is 338 g/mol. The molecule has 0 aliphatic rings. The minimum Gasteiger partial charge on any atom is -0.310 e. The molecule has 0 fully saturated rings. The zero-order valence-corrected chi connectivity index (χ0v) is 16.9. The Kier molecular flexibility index (Phi) is 5.63. The maximum atomic E-state index is 12.7. The number of benzene rings is 1. The maximum absolute atomic E-state index is 12.7. The van der Waals surface area contributed by atoms with E-state index in [1.54, 1.807) is 0 Å². The number of rotatable bonds is 7. The number of amides is 1. The van der Waals surface area contributed by atoms with Crippen LogP contribution in [-0.2, 0) is 24.3 Å². The van der Waals surface area contributed by atoms with Crippen LogP contribution in [0.2, 0.25) is 0 Å². The highest BCUT2D eigenvalue weighted by molar-refractivity contribution is 5.93. The van der Waals surface area contributed by atoms with Crippen LogP contribution < -0.4 is 5.32 Å². The third kappa shape index (κ3) is 4.04. The quantitative estimate of drug-likeness (QED) is 0.684. The van der Waals surface area contributed by atoms with Crippen molar-refractivity contribution >= 4 is 22.9 Å². The van der Waals surface area contributed by atoms with Crippen molar-refractivity contribution in [2.75, 3.05) is 5.32 Å². The minimum atomic E-state index is -0.0574. The zero-order chi connectivity index (χ0) is 19.6. The fourth-order valence-corrected chi connectivity index (χ4v) is 3.46. The second-order valence-electron chi connectivity index (χ2n) is 7.53. The number of aryl methyl sites for hydroxylation is 2. The van der Waals surface area contributed by atoms with Gasteiger partial charge in [-0.05, 0) is 38.3 Å². The van der Waals surface area contributed by atoms with Gasteiger partial charge in [-0.1, -0.05) is 32.9 Å². The van der Waals surface area contributed by atoms with Gasteiger partial charge in [0.2, 0.25) is 11.9 Å². The monoisotopic (exact) mass is 367 g/mol. The zero-order valence-electron chi connectivity index (χ0n) is 16.9. The van der Waals surface area contributed by atoms with E-state index in [1.165, 1.54) is 0 Å². The molecule has 3 rings (SSSR count). The third-order valence-electron chi connectivity index (χ3n) is 4.76. The van der Waals surface area contributed by atoms with E-state index in [0.29, 0.717) is 18.3 Å². The number of hydrogen-bond acceptors (Lipinski definition) is 3. The first-order valence-corrected chi connectivity index (χ1v) is 9.68. The Morgan fingerprint density at radius 2 is 1.96 bits per heavy atom. The second kappa shape index (κ2) is 7.94. The van der Waals surface area contributed by atoms with Crippen LogP contribution in [0.15, 0.2) is 24.3 Å². The summed E-state index contributed by atoms with van der Waals surface area (Å²) in [6.07, 6.45) is 1.29. The minimum absolute atomic E-state index is 0.0574. The summed E-state index contributed by atoms with van der Waals surface area (Å²) in [5.74, 6) is 1.07. The fraction of sp³-hybridized carbons (Fsp3) is 0.476. The van der Waals surface area contributed by atoms with Crippen LogP contribution >= 0.6 is 0 Å². The highest BCUT2D eigenvalue weighted by Gasteiger charge is 2.18. The summed E-state index contributed by atoms with van der Waals surface area (Å²) in [7, 11) is 0. The highest BCUT2D eigenvalue weighted by Crippen LogP contribution is 2.21. The first kappa shape index (κ1) is 19.1. The smallest absolute Gasteiger partial charge is 0.231 e. The molecule has 1 N–H and O–H groups in total. The van der Waals surface area contributed by atoms with Crippen molar-refractivity contribution in [1.82, 2.24) is 19.3 Å². The Morgan fingerprint density at radius 1 is 1.22 bits per heavy atom. The fourth-order valence-electron chi connectivity index (χ4n) is 3.46. The van der Waals surface area contributed by atoms with E-state index in [1.807, 2.05) is 42.8 Å². The molecule has 27 heavy (non-hydrogen) atoms. The van der Waals surface area contributed by atoms with Gasteiger partial charge < -0.3 is 4.57 Å². The summed E-state index contributed by atoms with van der Waals surface area (Å²) in [6.45, 7) is 12.1. The van der Waals surface area contributed by atoms with Crippen molar-refractivity contribution < 1.29 is 4.79 Å². The van der Waals surface area contributed by atoms with Gasteiger partial charge in [-0.25, -0.2) is 4.98 Å². The molecule has 6 nitrogen and oxygen atoms in total. The topological polar surface area (TPSA) is 64.7 Å². The Labute approximate surface area is 160 Å². The van der Waals surface area contributed by atoms with E-state index in [9.17, 15) is 4.79 Å². The van der Waals surface area contributed by atoms with E-state index in [0.717, 1.165) is 47.5 Å². The Hall–Kier alpha value is -2.63. The lowest BCUT2D eigenvalue weighted by Crippen LogP contribution is -2.18. The van der Waals surface area contributed by atoms with Gasteiger partial charge in [-0.15, -0.1) is 0 Å². The van der Waals surface area contributed by atoms with E-state index in [4.69, 9.17) is 0 Å². The predicted octanol–water partition coefficient (Wildman–Crippen LogP) is 4.10. The van der Waals surface area contributed by atoms with Gasteiger partial charge in [0.15, 0.2) is 0 Å². The Balaban J connectivity index is 1.82. The number of fused-ring (bicyclic) bond motifs is 1. The van der Waals surface area contributed by atoms with Gasteiger partial charge in [0.25, 0.3) is 0 Å². The largest absolute Gasteiger partial charge is 0.310 e. The summed E-state index contributed by atoms with van der Waals surface area (Å²) < 4.78 is 4.09. The Bertz CT molecular complexity index is 951. The van der Waals surface area contributed by atoms with Crippen molar-refractivity contribution in [3.8, 4) is 0 Å². The summed E-state index contributed by atoms with van der Waals surface area (Å²) in [5.41, 5.74) is 4.94. The summed E-state index contributed by atoms with van der Waals surface area (Å²) >= 11 is 0. The molecule has 1 aromatic carbocycles. The molecule has 0 bridgehead atoms. The predicted molar refractivity (Wildman–Crippen MR) is 109 cm³/mol. The third-order valence-corrected chi connectivity index (χ3v) is 4.76. The number of para-hydroxylation sites is 2. The van der Waals surface area contributed by atoms with Crippen LogP contribution in [0.4, 0.5) is 5.95 Å². The number of carbonyl (C=O) groups is 1. The van der Waals surface area contributed by atoms with E-state index < -0.39 is 0 Å². The van der Waals surface area contributed by atoms with Crippen LogP contribution in [0.3, 0.4) is 0 Å². The molecule has 0 atom stereocenters. The molecular formula is C21H29N5O. The normalized spacial score (nSPS) is 11.5. The lowest BCUT2D eigenvalue weighted by Gasteiger charge is -2.10. The average Bonchev–Trinajstić information content (AvgIpc) is 3.07. The number of hydrogen-bond donors (Lipinski definition) is 1. The molecule has 0 spiro atoms. The summed E-state index contributed by atoms with van der Waals surface area (Å²) in [6, 6.07) is 7.98. The number of carbonyl (C=O) groups excluding carboxylic acids is 1. The van der Waals surface area contributed by atoms with Crippen LogP contribution in [0.1, 0.15) is 44.1 Å². The van der Waals surface area contributed by atoms with Crippen LogP contribution in [0.5, 0.6) is 0 Å². The molecule has 0 aliphatic carbocycles. The molecule has 2 heterocycles. The van der Waals surface area contributed by atoms with E-state index >= 15 is 0 Å². The lowest BCUT2D eigenvalue weighted by molar-refractivity contribution is -0.115. The SMILES string of the molecule is CCCn1c(NC(=O)Cc2c(C)nn(CC(C)C)c2C)nc2ccccc21. The van der Waals surface area contributed by atoms with Crippen molar-refractivity contribution in [2.45, 2.75) is 60.5 Å². The first-order chi connectivity index (χ1) is 12.9. The van der Waals surface area contributed by atoms with Crippen molar-refractivity contribution in [1.29, 1.82) is 0 Å².